The molecule has 0 aromatic heterocycles. The lowest BCUT2D eigenvalue weighted by Crippen LogP contribution is -2.45. The van der Waals surface area contributed by atoms with Gasteiger partial charge in [-0.25, -0.2) is 17.5 Å². The normalized spacial score (nSPS) is 21.5. The fourth-order valence-electron chi connectivity index (χ4n) is 2.76. The minimum atomic E-state index is -4.08. The van der Waals surface area contributed by atoms with Crippen molar-refractivity contribution in [2.45, 2.75) is 44.6 Å². The molecule has 2 rings (SSSR count). The smallest absolute Gasteiger partial charge is 0.330 e. The highest BCUT2D eigenvalue weighted by Crippen LogP contribution is 2.34. The number of amides is 1. The molecular formula is C16H21NO5S. The second-order valence-corrected chi connectivity index (χ2v) is 7.39. The van der Waals surface area contributed by atoms with Gasteiger partial charge in [0.25, 0.3) is 10.0 Å². The van der Waals surface area contributed by atoms with Gasteiger partial charge < -0.3 is 4.74 Å². The molecule has 0 saturated carbocycles. The van der Waals surface area contributed by atoms with E-state index in [1.165, 1.54) is 12.1 Å². The fraction of sp³-hybridized carbons (Fsp3) is 0.500. The van der Waals surface area contributed by atoms with Crippen molar-refractivity contribution >= 4 is 21.9 Å². The van der Waals surface area contributed by atoms with Gasteiger partial charge in [0.15, 0.2) is 0 Å². The SMILES string of the molecule is CCOC(=O)[C@@H]1[C@H](CC)CC(=O)N1S(=O)(=O)c1ccc(C)cc1. The Balaban J connectivity index is 2.46. The Labute approximate surface area is 136 Å². The molecule has 0 N–H and O–H groups in total. The maximum atomic E-state index is 12.8. The van der Waals surface area contributed by atoms with E-state index in [9.17, 15) is 18.0 Å². The molecule has 0 unspecified atom stereocenters. The van der Waals surface area contributed by atoms with Gasteiger partial charge >= 0.3 is 5.97 Å². The standard InChI is InChI=1S/C16H21NO5S/c1-4-12-10-14(18)17(15(12)16(19)22-5-2)23(20,21)13-8-6-11(3)7-9-13/h6-9,12,15H,4-5,10H2,1-3H3/t12-,15+/m1/s1. The molecule has 2 atom stereocenters. The first kappa shape index (κ1) is 17.5. The van der Waals surface area contributed by atoms with Crippen LogP contribution in [0.25, 0.3) is 0 Å². The maximum absolute atomic E-state index is 12.8. The van der Waals surface area contributed by atoms with E-state index in [1.54, 1.807) is 19.1 Å². The van der Waals surface area contributed by atoms with Crippen LogP contribution < -0.4 is 0 Å². The van der Waals surface area contributed by atoms with E-state index in [1.807, 2.05) is 13.8 Å². The number of esters is 1. The van der Waals surface area contributed by atoms with Gasteiger partial charge in [0.1, 0.15) is 6.04 Å². The van der Waals surface area contributed by atoms with Crippen molar-refractivity contribution in [2.75, 3.05) is 6.61 Å². The van der Waals surface area contributed by atoms with Gasteiger partial charge in [-0.1, -0.05) is 31.0 Å². The number of benzene rings is 1. The molecule has 1 aliphatic rings. The summed E-state index contributed by atoms with van der Waals surface area (Å²) in [7, 11) is -4.08. The van der Waals surface area contributed by atoms with Gasteiger partial charge in [-0.2, -0.15) is 0 Å². The molecule has 0 radical (unpaired) electrons. The molecule has 1 heterocycles. The predicted molar refractivity (Wildman–Crippen MR) is 84.0 cm³/mol. The zero-order valence-corrected chi connectivity index (χ0v) is 14.3. The van der Waals surface area contributed by atoms with Crippen LogP contribution in [-0.4, -0.2) is 37.2 Å². The summed E-state index contributed by atoms with van der Waals surface area (Å²) in [4.78, 5) is 24.5. The number of ether oxygens (including phenoxy) is 1. The summed E-state index contributed by atoms with van der Waals surface area (Å²) in [5.74, 6) is -1.59. The van der Waals surface area contributed by atoms with Crippen molar-refractivity contribution in [1.82, 2.24) is 4.31 Å². The molecule has 23 heavy (non-hydrogen) atoms. The Morgan fingerprint density at radius 1 is 1.26 bits per heavy atom. The molecule has 0 spiro atoms. The van der Waals surface area contributed by atoms with Crippen LogP contribution in [0, 0.1) is 12.8 Å². The summed E-state index contributed by atoms with van der Waals surface area (Å²) in [6.45, 7) is 5.45. The zero-order chi connectivity index (χ0) is 17.2. The lowest BCUT2D eigenvalue weighted by molar-refractivity contribution is -0.149. The van der Waals surface area contributed by atoms with E-state index in [0.29, 0.717) is 10.7 Å². The molecule has 1 saturated heterocycles. The minimum Gasteiger partial charge on any atom is -0.464 e. The number of aryl methyl sites for hydroxylation is 1. The average molecular weight is 339 g/mol. The molecule has 1 aromatic rings. The molecule has 7 heteroatoms. The van der Waals surface area contributed by atoms with Crippen molar-refractivity contribution in [1.29, 1.82) is 0 Å². The Morgan fingerprint density at radius 3 is 2.39 bits per heavy atom. The van der Waals surface area contributed by atoms with Crippen LogP contribution in [0.2, 0.25) is 0 Å². The van der Waals surface area contributed by atoms with E-state index < -0.39 is 27.9 Å². The van der Waals surface area contributed by atoms with Crippen LogP contribution in [0.4, 0.5) is 0 Å². The van der Waals surface area contributed by atoms with Crippen molar-refractivity contribution in [3.8, 4) is 0 Å². The van der Waals surface area contributed by atoms with Crippen molar-refractivity contribution < 1.29 is 22.7 Å². The summed E-state index contributed by atoms with van der Waals surface area (Å²) in [5.41, 5.74) is 0.907. The van der Waals surface area contributed by atoms with E-state index in [4.69, 9.17) is 4.74 Å². The number of carbonyl (C=O) groups is 2. The van der Waals surface area contributed by atoms with Crippen LogP contribution in [0.15, 0.2) is 29.2 Å². The Morgan fingerprint density at radius 2 is 1.87 bits per heavy atom. The highest BCUT2D eigenvalue weighted by atomic mass is 32.2. The third-order valence-electron chi connectivity index (χ3n) is 4.01. The van der Waals surface area contributed by atoms with Crippen LogP contribution in [0.5, 0.6) is 0 Å². The predicted octanol–water partition coefficient (Wildman–Crippen LogP) is 1.87. The number of hydrogen-bond donors (Lipinski definition) is 0. The van der Waals surface area contributed by atoms with Crippen LogP contribution in [0.1, 0.15) is 32.3 Å². The molecule has 0 aliphatic carbocycles. The quantitative estimate of drug-likeness (QED) is 0.765. The van der Waals surface area contributed by atoms with Gasteiger partial charge in [0, 0.05) is 6.42 Å². The van der Waals surface area contributed by atoms with E-state index in [-0.39, 0.29) is 23.8 Å². The Kier molecular flexibility index (Phi) is 5.09. The summed E-state index contributed by atoms with van der Waals surface area (Å²) < 4.78 is 31.4. The third kappa shape index (κ3) is 3.24. The van der Waals surface area contributed by atoms with Gasteiger partial charge in [-0.3, -0.25) is 4.79 Å². The first-order chi connectivity index (χ1) is 10.8. The molecule has 1 aromatic carbocycles. The number of rotatable bonds is 5. The monoisotopic (exact) mass is 339 g/mol. The van der Waals surface area contributed by atoms with Crippen LogP contribution >= 0.6 is 0 Å². The summed E-state index contributed by atoms with van der Waals surface area (Å²) >= 11 is 0. The van der Waals surface area contributed by atoms with Crippen molar-refractivity contribution in [2.24, 2.45) is 5.92 Å². The maximum Gasteiger partial charge on any atom is 0.330 e. The number of hydrogen-bond acceptors (Lipinski definition) is 5. The molecular weight excluding hydrogens is 318 g/mol. The van der Waals surface area contributed by atoms with E-state index in [2.05, 4.69) is 0 Å². The Hall–Kier alpha value is -1.89. The number of nitrogens with zero attached hydrogens (tertiary/aromatic N) is 1. The average Bonchev–Trinajstić information content (AvgIpc) is 2.85. The molecule has 0 bridgehead atoms. The summed E-state index contributed by atoms with van der Waals surface area (Å²) in [6.07, 6.45) is 0.556. The second-order valence-electron chi connectivity index (χ2n) is 5.58. The first-order valence-corrected chi connectivity index (χ1v) is 9.07. The largest absolute Gasteiger partial charge is 0.464 e. The van der Waals surface area contributed by atoms with Crippen molar-refractivity contribution in [3.63, 3.8) is 0 Å². The molecule has 1 amide bonds. The topological polar surface area (TPSA) is 80.8 Å². The Bertz CT molecular complexity index is 696. The van der Waals surface area contributed by atoms with Crippen molar-refractivity contribution in [3.05, 3.63) is 29.8 Å². The summed E-state index contributed by atoms with van der Waals surface area (Å²) in [6, 6.07) is 5.12. The van der Waals surface area contributed by atoms with Crippen LogP contribution in [-0.2, 0) is 24.3 Å². The number of sulfonamides is 1. The summed E-state index contributed by atoms with van der Waals surface area (Å²) in [5, 5.41) is 0. The second kappa shape index (κ2) is 6.70. The van der Waals surface area contributed by atoms with E-state index >= 15 is 0 Å². The van der Waals surface area contributed by atoms with Crippen LogP contribution in [0.3, 0.4) is 0 Å². The molecule has 1 aliphatic heterocycles. The lowest BCUT2D eigenvalue weighted by Gasteiger charge is -2.25. The van der Waals surface area contributed by atoms with Gasteiger partial charge in [-0.15, -0.1) is 0 Å². The fourth-order valence-corrected chi connectivity index (χ4v) is 4.37. The van der Waals surface area contributed by atoms with Gasteiger partial charge in [0.2, 0.25) is 5.91 Å². The highest BCUT2D eigenvalue weighted by molar-refractivity contribution is 7.89. The first-order valence-electron chi connectivity index (χ1n) is 7.63. The molecule has 6 nitrogen and oxygen atoms in total. The number of carbonyl (C=O) groups excluding carboxylic acids is 2. The van der Waals surface area contributed by atoms with Gasteiger partial charge in [-0.05, 0) is 31.9 Å². The van der Waals surface area contributed by atoms with E-state index in [0.717, 1.165) is 5.56 Å². The minimum absolute atomic E-state index is 0.00232. The third-order valence-corrected chi connectivity index (χ3v) is 5.83. The molecule has 1 fully saturated rings. The van der Waals surface area contributed by atoms with Gasteiger partial charge in [0.05, 0.1) is 11.5 Å². The highest BCUT2D eigenvalue weighted by Gasteiger charge is 2.50. The lowest BCUT2D eigenvalue weighted by atomic mass is 9.98. The zero-order valence-electron chi connectivity index (χ0n) is 13.5. The molecule has 126 valence electrons.